The molecule has 24 heavy (non-hydrogen) atoms. The van der Waals surface area contributed by atoms with Crippen molar-refractivity contribution in [1.29, 1.82) is 0 Å². The molecule has 4 N–H and O–H groups in total. The average molecular weight is 344 g/mol. The minimum absolute atomic E-state index is 0.313. The van der Waals surface area contributed by atoms with Gasteiger partial charge in [-0.1, -0.05) is 17.9 Å². The molecule has 0 saturated carbocycles. The van der Waals surface area contributed by atoms with Crippen LogP contribution in [0.3, 0.4) is 0 Å². The van der Waals surface area contributed by atoms with Gasteiger partial charge in [-0.05, 0) is 42.6 Å². The van der Waals surface area contributed by atoms with E-state index in [4.69, 9.17) is 5.21 Å². The third kappa shape index (κ3) is 4.67. The Balaban J connectivity index is 2.06. The van der Waals surface area contributed by atoms with Crippen LogP contribution in [0.4, 0.5) is 0 Å². The van der Waals surface area contributed by atoms with Crippen LogP contribution in [0.1, 0.15) is 27.7 Å². The fourth-order valence-electron chi connectivity index (χ4n) is 1.89. The topological polar surface area (TPSA) is 98.7 Å². The van der Waals surface area contributed by atoms with E-state index < -0.39 is 24.0 Å². The summed E-state index contributed by atoms with van der Waals surface area (Å²) in [5, 5.41) is 22.5. The van der Waals surface area contributed by atoms with Gasteiger partial charge in [0.2, 0.25) is 0 Å². The Morgan fingerprint density at radius 2 is 1.88 bits per heavy atom. The van der Waals surface area contributed by atoms with Crippen molar-refractivity contribution in [3.8, 4) is 11.8 Å². The van der Waals surface area contributed by atoms with Gasteiger partial charge in [0, 0.05) is 11.1 Å². The number of aliphatic hydroxyl groups excluding tert-OH is 1. The molecular formula is C17H16N2O4S. The molecule has 124 valence electrons. The summed E-state index contributed by atoms with van der Waals surface area (Å²) in [6.07, 6.45) is -1.16. The summed E-state index contributed by atoms with van der Waals surface area (Å²) >= 11 is 1.54. The average Bonchev–Trinajstić information content (AvgIpc) is 3.10. The van der Waals surface area contributed by atoms with Gasteiger partial charge in [-0.25, -0.2) is 5.48 Å². The number of hydroxylamine groups is 1. The molecule has 1 aromatic carbocycles. The largest absolute Gasteiger partial charge is 0.391 e. The molecule has 0 bridgehead atoms. The zero-order chi connectivity index (χ0) is 17.5. The van der Waals surface area contributed by atoms with E-state index in [1.807, 2.05) is 17.5 Å². The van der Waals surface area contributed by atoms with Crippen molar-refractivity contribution in [2.45, 2.75) is 19.1 Å². The predicted octanol–water partition coefficient (Wildman–Crippen LogP) is 1.13. The first-order chi connectivity index (χ1) is 11.5. The van der Waals surface area contributed by atoms with E-state index in [0.717, 1.165) is 10.4 Å². The standard InChI is InChI=1S/C17H16N2O4S/c1-11(20)15(17(22)19-23)18-16(21)13-7-4-12(5-8-13)6-9-14-3-2-10-24-14/h2-5,7-8,10-11,15,20,23H,1H3,(H,18,21)(H,19,22)/t11-,15+/m1/s1. The van der Waals surface area contributed by atoms with Gasteiger partial charge in [0.25, 0.3) is 11.8 Å². The third-order valence-electron chi connectivity index (χ3n) is 3.16. The van der Waals surface area contributed by atoms with Gasteiger partial charge < -0.3 is 10.4 Å². The number of amides is 2. The molecule has 0 unspecified atom stereocenters. The summed E-state index contributed by atoms with van der Waals surface area (Å²) in [6.45, 7) is 1.34. The molecule has 0 aliphatic carbocycles. The minimum atomic E-state index is -1.25. The second kappa shape index (κ2) is 8.26. The number of carbonyl (C=O) groups is 2. The predicted molar refractivity (Wildman–Crippen MR) is 89.6 cm³/mol. The van der Waals surface area contributed by atoms with Crippen LogP contribution in [0.5, 0.6) is 0 Å². The molecule has 2 atom stereocenters. The SMILES string of the molecule is C[C@@H](O)[C@H](NC(=O)c1ccc(C#Cc2cccs2)cc1)C(=O)NO. The summed E-state index contributed by atoms with van der Waals surface area (Å²) in [6, 6.07) is 9.12. The van der Waals surface area contributed by atoms with E-state index in [0.29, 0.717) is 5.56 Å². The van der Waals surface area contributed by atoms with Gasteiger partial charge in [-0.3, -0.25) is 14.8 Å². The quantitative estimate of drug-likeness (QED) is 0.380. The highest BCUT2D eigenvalue weighted by atomic mass is 32.1. The van der Waals surface area contributed by atoms with Crippen molar-refractivity contribution in [2.75, 3.05) is 0 Å². The molecule has 0 fully saturated rings. The van der Waals surface area contributed by atoms with E-state index >= 15 is 0 Å². The molecular weight excluding hydrogens is 328 g/mol. The Labute approximate surface area is 143 Å². The van der Waals surface area contributed by atoms with Crippen molar-refractivity contribution in [3.63, 3.8) is 0 Å². The van der Waals surface area contributed by atoms with Crippen LogP contribution < -0.4 is 10.8 Å². The van der Waals surface area contributed by atoms with E-state index in [2.05, 4.69) is 17.2 Å². The third-order valence-corrected chi connectivity index (χ3v) is 3.95. The number of rotatable bonds is 4. The fraction of sp³-hybridized carbons (Fsp3) is 0.176. The van der Waals surface area contributed by atoms with Crippen molar-refractivity contribution >= 4 is 23.2 Å². The first kappa shape index (κ1) is 17.7. The molecule has 6 nitrogen and oxygen atoms in total. The van der Waals surface area contributed by atoms with E-state index in [9.17, 15) is 14.7 Å². The van der Waals surface area contributed by atoms with Crippen LogP contribution in [-0.2, 0) is 4.79 Å². The zero-order valence-electron chi connectivity index (χ0n) is 12.8. The normalized spacial score (nSPS) is 12.5. The maximum Gasteiger partial charge on any atom is 0.268 e. The lowest BCUT2D eigenvalue weighted by Gasteiger charge is -2.19. The van der Waals surface area contributed by atoms with Gasteiger partial charge in [0.05, 0.1) is 11.0 Å². The second-order valence-electron chi connectivity index (χ2n) is 4.97. The first-order valence-electron chi connectivity index (χ1n) is 7.09. The van der Waals surface area contributed by atoms with Crippen LogP contribution in [0.25, 0.3) is 0 Å². The Morgan fingerprint density at radius 3 is 2.42 bits per heavy atom. The zero-order valence-corrected chi connectivity index (χ0v) is 13.6. The molecule has 0 spiro atoms. The van der Waals surface area contributed by atoms with E-state index in [-0.39, 0.29) is 0 Å². The monoisotopic (exact) mass is 344 g/mol. The Morgan fingerprint density at radius 1 is 1.17 bits per heavy atom. The summed E-state index contributed by atoms with van der Waals surface area (Å²) in [5.74, 6) is 4.57. The second-order valence-corrected chi connectivity index (χ2v) is 5.92. The lowest BCUT2D eigenvalue weighted by molar-refractivity contribution is -0.133. The van der Waals surface area contributed by atoms with E-state index in [1.54, 1.807) is 35.6 Å². The highest BCUT2D eigenvalue weighted by Crippen LogP contribution is 2.08. The van der Waals surface area contributed by atoms with Crippen LogP contribution in [0.2, 0.25) is 0 Å². The van der Waals surface area contributed by atoms with Gasteiger partial charge in [0.15, 0.2) is 0 Å². The Bertz CT molecular complexity index is 758. The number of nitrogens with one attached hydrogen (secondary N) is 2. The molecule has 2 aromatic rings. The number of thiophene rings is 1. The van der Waals surface area contributed by atoms with Crippen molar-refractivity contribution in [2.24, 2.45) is 0 Å². The molecule has 0 radical (unpaired) electrons. The number of hydrogen-bond acceptors (Lipinski definition) is 5. The molecule has 2 rings (SSSR count). The molecule has 0 saturated heterocycles. The minimum Gasteiger partial charge on any atom is -0.391 e. The van der Waals surface area contributed by atoms with Crippen molar-refractivity contribution in [3.05, 3.63) is 57.8 Å². The summed E-state index contributed by atoms with van der Waals surface area (Å²) in [7, 11) is 0. The smallest absolute Gasteiger partial charge is 0.268 e. The molecule has 0 aliphatic rings. The lowest BCUT2D eigenvalue weighted by Crippen LogP contribution is -2.51. The molecule has 7 heteroatoms. The summed E-state index contributed by atoms with van der Waals surface area (Å²) < 4.78 is 0. The van der Waals surface area contributed by atoms with Crippen molar-refractivity contribution < 1.29 is 19.9 Å². The molecule has 2 amide bonds. The number of hydrogen-bond donors (Lipinski definition) is 4. The van der Waals surface area contributed by atoms with Gasteiger partial charge in [0.1, 0.15) is 6.04 Å². The van der Waals surface area contributed by atoms with Crippen LogP contribution in [-0.4, -0.2) is 34.3 Å². The van der Waals surface area contributed by atoms with E-state index in [1.165, 1.54) is 12.4 Å². The summed E-state index contributed by atoms with van der Waals surface area (Å²) in [5.41, 5.74) is 2.47. The maximum absolute atomic E-state index is 12.1. The number of carbonyl (C=O) groups excluding carboxylic acids is 2. The van der Waals surface area contributed by atoms with Gasteiger partial charge >= 0.3 is 0 Å². The Kier molecular flexibility index (Phi) is 6.09. The highest BCUT2D eigenvalue weighted by Gasteiger charge is 2.25. The molecule has 0 aliphatic heterocycles. The van der Waals surface area contributed by atoms with Crippen LogP contribution >= 0.6 is 11.3 Å². The summed E-state index contributed by atoms with van der Waals surface area (Å²) in [4.78, 5) is 24.5. The Hall–Kier alpha value is -2.66. The van der Waals surface area contributed by atoms with Gasteiger partial charge in [-0.15, -0.1) is 11.3 Å². The van der Waals surface area contributed by atoms with Crippen LogP contribution in [0, 0.1) is 11.8 Å². The number of benzene rings is 1. The number of aliphatic hydroxyl groups is 1. The molecule has 1 aromatic heterocycles. The molecule has 1 heterocycles. The lowest BCUT2D eigenvalue weighted by atomic mass is 10.1. The van der Waals surface area contributed by atoms with Crippen LogP contribution in [0.15, 0.2) is 41.8 Å². The maximum atomic E-state index is 12.1. The highest BCUT2D eigenvalue weighted by molar-refractivity contribution is 7.10. The van der Waals surface area contributed by atoms with Crippen molar-refractivity contribution in [1.82, 2.24) is 10.8 Å². The first-order valence-corrected chi connectivity index (χ1v) is 7.97. The van der Waals surface area contributed by atoms with Gasteiger partial charge in [-0.2, -0.15) is 0 Å². The fourth-order valence-corrected chi connectivity index (χ4v) is 2.46.